The van der Waals surface area contributed by atoms with Gasteiger partial charge in [0.2, 0.25) is 5.91 Å². The highest BCUT2D eigenvalue weighted by atomic mass is 16.5. The van der Waals surface area contributed by atoms with E-state index in [1.165, 1.54) is 12.0 Å². The number of pyridine rings is 1. The van der Waals surface area contributed by atoms with E-state index in [1.807, 2.05) is 78.3 Å². The van der Waals surface area contributed by atoms with Crippen LogP contribution >= 0.6 is 0 Å². The van der Waals surface area contributed by atoms with Crippen LogP contribution < -0.4 is 4.74 Å². The van der Waals surface area contributed by atoms with Crippen LogP contribution in [0.2, 0.25) is 0 Å². The van der Waals surface area contributed by atoms with Crippen molar-refractivity contribution in [3.8, 4) is 17.0 Å². The number of aromatic carboxylic acids is 1. The summed E-state index contributed by atoms with van der Waals surface area (Å²) in [6.07, 6.45) is 8.10. The molecule has 0 atom stereocenters. The lowest BCUT2D eigenvalue weighted by Crippen LogP contribution is -2.32. The minimum atomic E-state index is -0.982. The number of carbonyl (C=O) groups is 2. The molecular formula is C38H39N3O4. The fraction of sp³-hybridized carbons (Fsp3) is 0.289. The Morgan fingerprint density at radius 2 is 1.69 bits per heavy atom. The average Bonchev–Trinajstić information content (AvgIpc) is 3.40. The summed E-state index contributed by atoms with van der Waals surface area (Å²) < 4.78 is 8.13. The summed E-state index contributed by atoms with van der Waals surface area (Å²) in [6.45, 7) is 1.12. The van der Waals surface area contributed by atoms with Gasteiger partial charge in [-0.3, -0.25) is 9.78 Å². The van der Waals surface area contributed by atoms with E-state index in [-0.39, 0.29) is 18.0 Å². The van der Waals surface area contributed by atoms with Gasteiger partial charge in [-0.25, -0.2) is 4.79 Å². The average molecular weight is 602 g/mol. The number of fused-ring (bicyclic) bond motifs is 1. The number of carboxylic acids is 1. The van der Waals surface area contributed by atoms with E-state index < -0.39 is 5.97 Å². The number of ether oxygens (including phenoxy) is 1. The van der Waals surface area contributed by atoms with Gasteiger partial charge in [-0.15, -0.1) is 0 Å². The van der Waals surface area contributed by atoms with Crippen molar-refractivity contribution in [3.63, 3.8) is 0 Å². The van der Waals surface area contributed by atoms with E-state index in [0.717, 1.165) is 64.9 Å². The number of hydrogen-bond acceptors (Lipinski definition) is 4. The summed E-state index contributed by atoms with van der Waals surface area (Å²) in [4.78, 5) is 32.0. The molecular weight excluding hydrogens is 562 g/mol. The van der Waals surface area contributed by atoms with Gasteiger partial charge in [0, 0.05) is 37.3 Å². The zero-order valence-electron chi connectivity index (χ0n) is 25.7. The lowest BCUT2D eigenvalue weighted by atomic mass is 9.82. The number of benzene rings is 3. The first-order valence-electron chi connectivity index (χ1n) is 15.8. The maximum atomic E-state index is 13.8. The minimum Gasteiger partial charge on any atom is -0.489 e. The monoisotopic (exact) mass is 601 g/mol. The quantitative estimate of drug-likeness (QED) is 0.168. The molecule has 6 rings (SSSR count). The predicted octanol–water partition coefficient (Wildman–Crippen LogP) is 7.73. The Balaban J connectivity index is 1.38. The summed E-state index contributed by atoms with van der Waals surface area (Å²) in [7, 11) is 1.82. The standard InChI is InChI=1S/C38H39N3O4/c1-40(23-21-31-14-8-9-22-39-31)35(42)25-41-34-24-30(38(43)44)17-20-33(34)36(28-12-6-3-7-13-28)37(41)29-15-18-32(19-16-29)45-26-27-10-4-2-5-11-27/h2,4-5,8-11,14-20,22,24,28H,3,6-7,12-13,21,23,25-26H2,1H3,(H,43,44). The highest BCUT2D eigenvalue weighted by molar-refractivity contribution is 5.99. The van der Waals surface area contributed by atoms with E-state index in [4.69, 9.17) is 4.74 Å². The van der Waals surface area contributed by atoms with Gasteiger partial charge in [-0.05, 0) is 84.0 Å². The van der Waals surface area contributed by atoms with E-state index in [9.17, 15) is 14.7 Å². The van der Waals surface area contributed by atoms with Crippen LogP contribution in [0.5, 0.6) is 5.75 Å². The van der Waals surface area contributed by atoms with Crippen LogP contribution in [0.1, 0.15) is 65.2 Å². The van der Waals surface area contributed by atoms with Gasteiger partial charge in [0.1, 0.15) is 18.9 Å². The normalized spacial score (nSPS) is 13.5. The number of nitrogens with zero attached hydrogens (tertiary/aromatic N) is 3. The number of amides is 1. The zero-order valence-corrected chi connectivity index (χ0v) is 25.7. The van der Waals surface area contributed by atoms with Gasteiger partial charge in [-0.2, -0.15) is 0 Å². The minimum absolute atomic E-state index is 0.0391. The fourth-order valence-electron chi connectivity index (χ4n) is 6.45. The van der Waals surface area contributed by atoms with Crippen LogP contribution in [-0.4, -0.2) is 45.0 Å². The largest absolute Gasteiger partial charge is 0.489 e. The summed E-state index contributed by atoms with van der Waals surface area (Å²) >= 11 is 0. The summed E-state index contributed by atoms with van der Waals surface area (Å²) in [5.74, 6) is 0.0779. The topological polar surface area (TPSA) is 84.7 Å². The second-order valence-electron chi connectivity index (χ2n) is 11.9. The van der Waals surface area contributed by atoms with Crippen LogP contribution in [0.25, 0.3) is 22.2 Å². The number of likely N-dealkylation sites (N-methyl/N-ethyl adjacent to an activating group) is 1. The van der Waals surface area contributed by atoms with Crippen molar-refractivity contribution in [2.24, 2.45) is 0 Å². The van der Waals surface area contributed by atoms with Crippen LogP contribution in [0, 0.1) is 0 Å². The number of hydrogen-bond donors (Lipinski definition) is 1. The van der Waals surface area contributed by atoms with Crippen LogP contribution in [-0.2, 0) is 24.4 Å². The molecule has 45 heavy (non-hydrogen) atoms. The summed E-state index contributed by atoms with van der Waals surface area (Å²) in [6, 6.07) is 29.3. The molecule has 1 amide bonds. The molecule has 0 radical (unpaired) electrons. The highest BCUT2D eigenvalue weighted by Crippen LogP contribution is 2.44. The highest BCUT2D eigenvalue weighted by Gasteiger charge is 2.28. The van der Waals surface area contributed by atoms with Crippen molar-refractivity contribution in [2.75, 3.05) is 13.6 Å². The Morgan fingerprint density at radius 1 is 0.933 bits per heavy atom. The molecule has 7 heteroatoms. The molecule has 0 spiro atoms. The molecule has 1 N–H and O–H groups in total. The second kappa shape index (κ2) is 13.8. The first-order chi connectivity index (χ1) is 22.0. The predicted molar refractivity (Wildman–Crippen MR) is 177 cm³/mol. The number of rotatable bonds is 11. The Bertz CT molecular complexity index is 1760. The molecule has 2 heterocycles. The molecule has 2 aromatic heterocycles. The molecule has 1 aliphatic rings. The Hall–Kier alpha value is -4.91. The van der Waals surface area contributed by atoms with E-state index >= 15 is 0 Å². The van der Waals surface area contributed by atoms with Crippen molar-refractivity contribution in [1.29, 1.82) is 0 Å². The molecule has 1 fully saturated rings. The van der Waals surface area contributed by atoms with Gasteiger partial charge in [-0.1, -0.05) is 61.7 Å². The van der Waals surface area contributed by atoms with Gasteiger partial charge in [0.15, 0.2) is 0 Å². The molecule has 0 saturated heterocycles. The maximum Gasteiger partial charge on any atom is 0.335 e. The summed E-state index contributed by atoms with van der Waals surface area (Å²) in [5, 5.41) is 10.9. The fourth-order valence-corrected chi connectivity index (χ4v) is 6.45. The third-order valence-electron chi connectivity index (χ3n) is 8.89. The van der Waals surface area contributed by atoms with Crippen molar-refractivity contribution >= 4 is 22.8 Å². The van der Waals surface area contributed by atoms with Crippen LogP contribution in [0.3, 0.4) is 0 Å². The first-order valence-corrected chi connectivity index (χ1v) is 15.8. The Morgan fingerprint density at radius 3 is 2.40 bits per heavy atom. The molecule has 0 bridgehead atoms. The lowest BCUT2D eigenvalue weighted by Gasteiger charge is -2.24. The maximum absolute atomic E-state index is 13.8. The smallest absolute Gasteiger partial charge is 0.335 e. The van der Waals surface area contributed by atoms with E-state index in [1.54, 1.807) is 23.2 Å². The Labute approximate surface area is 264 Å². The molecule has 7 nitrogen and oxygen atoms in total. The molecule has 3 aromatic carbocycles. The second-order valence-corrected chi connectivity index (χ2v) is 11.9. The molecule has 1 saturated carbocycles. The van der Waals surface area contributed by atoms with Crippen molar-refractivity contribution in [2.45, 2.75) is 57.6 Å². The van der Waals surface area contributed by atoms with E-state index in [2.05, 4.69) is 17.1 Å². The van der Waals surface area contributed by atoms with Crippen molar-refractivity contribution in [3.05, 3.63) is 120 Å². The van der Waals surface area contributed by atoms with Gasteiger partial charge in [0.05, 0.1) is 16.8 Å². The molecule has 0 unspecified atom stereocenters. The third-order valence-corrected chi connectivity index (χ3v) is 8.89. The van der Waals surface area contributed by atoms with Crippen molar-refractivity contribution < 1.29 is 19.4 Å². The molecule has 1 aliphatic carbocycles. The number of aromatic nitrogens is 2. The number of carboxylic acid groups (broad SMARTS) is 1. The first kappa shape index (κ1) is 30.1. The van der Waals surface area contributed by atoms with Crippen LogP contribution in [0.15, 0.2) is 97.2 Å². The van der Waals surface area contributed by atoms with Gasteiger partial charge >= 0.3 is 5.97 Å². The van der Waals surface area contributed by atoms with E-state index in [0.29, 0.717) is 25.5 Å². The molecule has 5 aromatic rings. The molecule has 0 aliphatic heterocycles. The summed E-state index contributed by atoms with van der Waals surface area (Å²) in [5.41, 5.74) is 6.21. The lowest BCUT2D eigenvalue weighted by molar-refractivity contribution is -0.130. The number of carbonyl (C=O) groups excluding carboxylic acids is 1. The zero-order chi connectivity index (χ0) is 31.2. The van der Waals surface area contributed by atoms with Crippen LogP contribution in [0.4, 0.5) is 0 Å². The van der Waals surface area contributed by atoms with Crippen molar-refractivity contribution in [1.82, 2.24) is 14.5 Å². The molecule has 230 valence electrons. The third kappa shape index (κ3) is 6.93. The SMILES string of the molecule is CN(CCc1ccccn1)C(=O)Cn1c(-c2ccc(OCc3ccccc3)cc2)c(C2CCCCC2)c2ccc(C(=O)O)cc21. The van der Waals surface area contributed by atoms with Gasteiger partial charge in [0.25, 0.3) is 0 Å². The Kier molecular flexibility index (Phi) is 9.24. The van der Waals surface area contributed by atoms with Gasteiger partial charge < -0.3 is 19.3 Å².